The summed E-state index contributed by atoms with van der Waals surface area (Å²) < 4.78 is 5.82. The van der Waals surface area contributed by atoms with Crippen molar-refractivity contribution in [1.29, 1.82) is 0 Å². The lowest BCUT2D eigenvalue weighted by Crippen LogP contribution is -2.21. The maximum Gasteiger partial charge on any atom is 0.140 e. The molecule has 0 unspecified atom stereocenters. The molecule has 1 saturated carbocycles. The second kappa shape index (κ2) is 4.23. The largest absolute Gasteiger partial charge is 0.489 e. The maximum absolute atomic E-state index is 5.82. The highest BCUT2D eigenvalue weighted by atomic mass is 16.5. The molecule has 4 rings (SSSR count). The van der Waals surface area contributed by atoms with Crippen molar-refractivity contribution in [3.8, 4) is 5.75 Å². The fourth-order valence-electron chi connectivity index (χ4n) is 2.80. The van der Waals surface area contributed by atoms with Crippen molar-refractivity contribution in [1.82, 2.24) is 14.9 Å². The topological polar surface area (TPSA) is 41.2 Å². The summed E-state index contributed by atoms with van der Waals surface area (Å²) in [5.74, 6) is 0.906. The molecule has 0 spiro atoms. The molecule has 1 aliphatic carbocycles. The van der Waals surface area contributed by atoms with E-state index in [0.717, 1.165) is 42.7 Å². The van der Waals surface area contributed by atoms with Gasteiger partial charge in [-0.15, -0.1) is 0 Å². The third-order valence-corrected chi connectivity index (χ3v) is 4.11. The molecule has 2 aromatic rings. The van der Waals surface area contributed by atoms with E-state index in [1.54, 1.807) is 0 Å². The Labute approximate surface area is 112 Å². The summed E-state index contributed by atoms with van der Waals surface area (Å²) in [5.41, 5.74) is 5.02. The van der Waals surface area contributed by atoms with Crippen LogP contribution in [0.15, 0.2) is 12.3 Å². The van der Waals surface area contributed by atoms with Gasteiger partial charge in [0.2, 0.25) is 0 Å². The number of likely N-dealkylation sites (N-methyl/N-ethyl adjacent to an activating group) is 1. The molecule has 0 saturated heterocycles. The molecule has 0 bridgehead atoms. The van der Waals surface area contributed by atoms with Gasteiger partial charge in [-0.3, -0.25) is 4.98 Å². The molecule has 0 aromatic carbocycles. The van der Waals surface area contributed by atoms with E-state index >= 15 is 0 Å². The molecule has 0 amide bonds. The van der Waals surface area contributed by atoms with Crippen molar-refractivity contribution < 1.29 is 4.74 Å². The van der Waals surface area contributed by atoms with Crippen molar-refractivity contribution in [3.05, 3.63) is 23.5 Å². The Kier molecular flexibility index (Phi) is 2.52. The van der Waals surface area contributed by atoms with Gasteiger partial charge in [0.25, 0.3) is 0 Å². The molecule has 2 aliphatic rings. The van der Waals surface area contributed by atoms with Crippen molar-refractivity contribution in [2.45, 2.75) is 31.8 Å². The highest BCUT2D eigenvalue weighted by Crippen LogP contribution is 2.30. The Balaban J connectivity index is 1.72. The number of rotatable bonds is 2. The molecule has 4 heteroatoms. The minimum atomic E-state index is 0.431. The van der Waals surface area contributed by atoms with Crippen LogP contribution in [0.3, 0.4) is 0 Å². The molecule has 3 heterocycles. The summed E-state index contributed by atoms with van der Waals surface area (Å²) in [6.45, 7) is 2.23. The van der Waals surface area contributed by atoms with Crippen LogP contribution in [-0.2, 0) is 12.8 Å². The van der Waals surface area contributed by atoms with Crippen LogP contribution in [0.4, 0.5) is 0 Å². The zero-order chi connectivity index (χ0) is 12.8. The lowest BCUT2D eigenvalue weighted by atomic mass is 10.1. The molecule has 19 heavy (non-hydrogen) atoms. The Hall–Kier alpha value is -1.55. The van der Waals surface area contributed by atoms with Crippen molar-refractivity contribution >= 4 is 11.0 Å². The standard InChI is InChI=1S/C15H19N3O/c1-18-6-4-12-13(5-7-18)17-14-8-11(9-16-15(12)14)19-10-2-3-10/h8-10,17H,2-7H2,1H3. The van der Waals surface area contributed by atoms with Gasteiger partial charge in [-0.05, 0) is 26.3 Å². The summed E-state index contributed by atoms with van der Waals surface area (Å²) >= 11 is 0. The molecule has 100 valence electrons. The molecule has 4 nitrogen and oxygen atoms in total. The number of nitrogens with zero attached hydrogens (tertiary/aromatic N) is 2. The smallest absolute Gasteiger partial charge is 0.140 e. The third kappa shape index (κ3) is 2.10. The lowest BCUT2D eigenvalue weighted by molar-refractivity contribution is 0.302. The quantitative estimate of drug-likeness (QED) is 0.896. The second-order valence-electron chi connectivity index (χ2n) is 5.77. The highest BCUT2D eigenvalue weighted by molar-refractivity contribution is 5.81. The van der Waals surface area contributed by atoms with Gasteiger partial charge < -0.3 is 14.6 Å². The Morgan fingerprint density at radius 3 is 3.00 bits per heavy atom. The van der Waals surface area contributed by atoms with Gasteiger partial charge in [0.1, 0.15) is 5.75 Å². The zero-order valence-electron chi connectivity index (χ0n) is 11.3. The first kappa shape index (κ1) is 11.3. The summed E-state index contributed by atoms with van der Waals surface area (Å²) in [4.78, 5) is 10.5. The number of H-pyrrole nitrogens is 1. The van der Waals surface area contributed by atoms with Crippen LogP contribution >= 0.6 is 0 Å². The van der Waals surface area contributed by atoms with Gasteiger partial charge in [-0.1, -0.05) is 0 Å². The van der Waals surface area contributed by atoms with Crippen LogP contribution in [0.5, 0.6) is 5.75 Å². The molecular formula is C15H19N3O. The van der Waals surface area contributed by atoms with E-state index in [1.165, 1.54) is 24.1 Å². The van der Waals surface area contributed by atoms with Crippen LogP contribution in [0.1, 0.15) is 24.1 Å². The Bertz CT molecular complexity index is 615. The van der Waals surface area contributed by atoms with Crippen LogP contribution in [0.2, 0.25) is 0 Å². The van der Waals surface area contributed by atoms with Gasteiger partial charge in [0, 0.05) is 36.8 Å². The van der Waals surface area contributed by atoms with Gasteiger partial charge in [-0.25, -0.2) is 0 Å². The number of aromatic nitrogens is 2. The number of pyridine rings is 1. The van der Waals surface area contributed by atoms with Gasteiger partial charge >= 0.3 is 0 Å². The van der Waals surface area contributed by atoms with E-state index in [1.807, 2.05) is 6.20 Å². The number of hydrogen-bond acceptors (Lipinski definition) is 3. The predicted molar refractivity (Wildman–Crippen MR) is 74.6 cm³/mol. The first-order chi connectivity index (χ1) is 9.29. The Morgan fingerprint density at radius 2 is 2.16 bits per heavy atom. The van der Waals surface area contributed by atoms with E-state index in [-0.39, 0.29) is 0 Å². The van der Waals surface area contributed by atoms with Crippen LogP contribution in [0, 0.1) is 0 Å². The van der Waals surface area contributed by atoms with Crippen LogP contribution in [0.25, 0.3) is 11.0 Å². The van der Waals surface area contributed by atoms with Crippen LogP contribution < -0.4 is 4.74 Å². The molecule has 0 atom stereocenters. The minimum Gasteiger partial charge on any atom is -0.489 e. The summed E-state index contributed by atoms with van der Waals surface area (Å²) in [6, 6.07) is 2.11. The first-order valence-electron chi connectivity index (χ1n) is 7.14. The molecule has 1 aliphatic heterocycles. The van der Waals surface area contributed by atoms with Crippen molar-refractivity contribution in [3.63, 3.8) is 0 Å². The summed E-state index contributed by atoms with van der Waals surface area (Å²) in [6.07, 6.45) is 6.85. The molecule has 1 N–H and O–H groups in total. The fraction of sp³-hybridized carbons (Fsp3) is 0.533. The maximum atomic E-state index is 5.82. The number of nitrogens with one attached hydrogen (secondary N) is 1. The fourth-order valence-corrected chi connectivity index (χ4v) is 2.80. The minimum absolute atomic E-state index is 0.431. The molecular weight excluding hydrogens is 238 g/mol. The summed E-state index contributed by atoms with van der Waals surface area (Å²) in [7, 11) is 2.18. The normalized spacial score (nSPS) is 20.3. The molecule has 2 aromatic heterocycles. The van der Waals surface area contributed by atoms with E-state index in [4.69, 9.17) is 4.74 Å². The van der Waals surface area contributed by atoms with E-state index < -0.39 is 0 Å². The third-order valence-electron chi connectivity index (χ3n) is 4.11. The zero-order valence-corrected chi connectivity index (χ0v) is 11.3. The molecule has 1 fully saturated rings. The highest BCUT2D eigenvalue weighted by Gasteiger charge is 2.24. The number of fused-ring (bicyclic) bond motifs is 3. The number of hydrogen-bond donors (Lipinski definition) is 1. The number of ether oxygens (including phenoxy) is 1. The van der Waals surface area contributed by atoms with E-state index in [2.05, 4.69) is 28.0 Å². The average molecular weight is 257 g/mol. The first-order valence-corrected chi connectivity index (χ1v) is 7.14. The van der Waals surface area contributed by atoms with E-state index in [0.29, 0.717) is 6.10 Å². The number of aromatic amines is 1. The predicted octanol–water partition coefficient (Wildman–Crippen LogP) is 2.13. The van der Waals surface area contributed by atoms with Gasteiger partial charge in [0.05, 0.1) is 23.3 Å². The van der Waals surface area contributed by atoms with Gasteiger partial charge in [0.15, 0.2) is 0 Å². The molecule has 0 radical (unpaired) electrons. The average Bonchev–Trinajstić information content (AvgIpc) is 3.16. The van der Waals surface area contributed by atoms with Crippen molar-refractivity contribution in [2.75, 3.05) is 20.1 Å². The second-order valence-corrected chi connectivity index (χ2v) is 5.77. The summed E-state index contributed by atoms with van der Waals surface area (Å²) in [5, 5.41) is 0. The monoisotopic (exact) mass is 257 g/mol. The van der Waals surface area contributed by atoms with Crippen LogP contribution in [-0.4, -0.2) is 41.1 Å². The lowest BCUT2D eigenvalue weighted by Gasteiger charge is -2.11. The van der Waals surface area contributed by atoms with Crippen molar-refractivity contribution in [2.24, 2.45) is 0 Å². The van der Waals surface area contributed by atoms with Gasteiger partial charge in [-0.2, -0.15) is 0 Å². The SMILES string of the molecule is CN1CCc2[nH]c3cc(OC4CC4)cnc3c2CC1. The Morgan fingerprint density at radius 1 is 1.32 bits per heavy atom. The van der Waals surface area contributed by atoms with E-state index in [9.17, 15) is 0 Å².